The third-order valence-corrected chi connectivity index (χ3v) is 3.47. The summed E-state index contributed by atoms with van der Waals surface area (Å²) >= 11 is 0. The SMILES string of the molecule is CC1CCCN(c2noc([C@H](C)NC(=O)OC(C)(C)C)n2)C1. The molecule has 1 unspecified atom stereocenters. The van der Waals surface area contributed by atoms with E-state index in [4.69, 9.17) is 9.26 Å². The molecule has 2 heterocycles. The van der Waals surface area contributed by atoms with Crippen molar-refractivity contribution in [3.8, 4) is 0 Å². The number of carbonyl (C=O) groups excluding carboxylic acids is 1. The number of anilines is 1. The van der Waals surface area contributed by atoms with E-state index < -0.39 is 17.7 Å². The number of rotatable bonds is 3. The van der Waals surface area contributed by atoms with Crippen LogP contribution in [0.3, 0.4) is 0 Å². The van der Waals surface area contributed by atoms with Gasteiger partial charge in [-0.3, -0.25) is 0 Å². The van der Waals surface area contributed by atoms with Gasteiger partial charge in [-0.05, 0) is 51.6 Å². The number of hydrogen-bond donors (Lipinski definition) is 1. The molecule has 1 aliphatic rings. The molecule has 1 amide bonds. The number of carbonyl (C=O) groups is 1. The number of hydrogen-bond acceptors (Lipinski definition) is 6. The van der Waals surface area contributed by atoms with Gasteiger partial charge in [-0.2, -0.15) is 4.98 Å². The van der Waals surface area contributed by atoms with Crippen LogP contribution in [0.4, 0.5) is 10.7 Å². The Morgan fingerprint density at radius 1 is 1.50 bits per heavy atom. The molecule has 0 saturated carbocycles. The number of nitrogens with zero attached hydrogens (tertiary/aromatic N) is 3. The fraction of sp³-hybridized carbons (Fsp3) is 0.800. The molecule has 1 aromatic heterocycles. The lowest BCUT2D eigenvalue weighted by molar-refractivity contribution is 0.0499. The highest BCUT2D eigenvalue weighted by Gasteiger charge is 2.24. The van der Waals surface area contributed by atoms with Crippen LogP contribution >= 0.6 is 0 Å². The highest BCUT2D eigenvalue weighted by molar-refractivity contribution is 5.68. The molecule has 22 heavy (non-hydrogen) atoms. The van der Waals surface area contributed by atoms with E-state index in [9.17, 15) is 4.79 Å². The Bertz CT molecular complexity index is 509. The molecule has 7 nitrogen and oxygen atoms in total. The van der Waals surface area contributed by atoms with Crippen molar-refractivity contribution in [3.63, 3.8) is 0 Å². The second kappa shape index (κ2) is 6.54. The average molecular weight is 310 g/mol. The van der Waals surface area contributed by atoms with Crippen LogP contribution in [-0.2, 0) is 4.74 Å². The second-order valence-corrected chi connectivity index (χ2v) is 6.99. The van der Waals surface area contributed by atoms with Crippen molar-refractivity contribution in [1.29, 1.82) is 0 Å². The summed E-state index contributed by atoms with van der Waals surface area (Å²) in [7, 11) is 0. The molecular formula is C15H26N4O3. The van der Waals surface area contributed by atoms with Crippen LogP contribution in [0.15, 0.2) is 4.52 Å². The number of ether oxygens (including phenoxy) is 1. The van der Waals surface area contributed by atoms with Crippen LogP contribution in [0, 0.1) is 5.92 Å². The van der Waals surface area contributed by atoms with E-state index in [0.717, 1.165) is 19.5 Å². The van der Waals surface area contributed by atoms with Gasteiger partial charge in [0.05, 0.1) is 0 Å². The maximum Gasteiger partial charge on any atom is 0.408 e. The lowest BCUT2D eigenvalue weighted by atomic mass is 10.0. The zero-order valence-corrected chi connectivity index (χ0v) is 14.0. The van der Waals surface area contributed by atoms with Crippen LogP contribution in [0.25, 0.3) is 0 Å². The van der Waals surface area contributed by atoms with Gasteiger partial charge in [-0.25, -0.2) is 4.79 Å². The molecule has 0 radical (unpaired) electrons. The first kappa shape index (κ1) is 16.6. The van der Waals surface area contributed by atoms with Crippen molar-refractivity contribution in [1.82, 2.24) is 15.5 Å². The summed E-state index contributed by atoms with van der Waals surface area (Å²) in [5.41, 5.74) is -0.534. The van der Waals surface area contributed by atoms with Gasteiger partial charge in [0.25, 0.3) is 11.8 Å². The minimum absolute atomic E-state index is 0.388. The van der Waals surface area contributed by atoms with Crippen molar-refractivity contribution in [2.24, 2.45) is 5.92 Å². The van der Waals surface area contributed by atoms with Crippen LogP contribution in [-0.4, -0.2) is 34.9 Å². The number of amides is 1. The molecule has 2 rings (SSSR count). The maximum atomic E-state index is 11.8. The molecule has 1 aliphatic heterocycles. The van der Waals surface area contributed by atoms with Gasteiger partial charge in [-0.15, -0.1) is 0 Å². The van der Waals surface area contributed by atoms with Gasteiger partial charge >= 0.3 is 6.09 Å². The summed E-state index contributed by atoms with van der Waals surface area (Å²) in [6, 6.07) is -0.390. The zero-order chi connectivity index (χ0) is 16.3. The van der Waals surface area contributed by atoms with Gasteiger partial charge in [0.1, 0.15) is 11.6 Å². The van der Waals surface area contributed by atoms with E-state index in [1.165, 1.54) is 6.42 Å². The molecule has 1 N–H and O–H groups in total. The second-order valence-electron chi connectivity index (χ2n) is 6.99. The highest BCUT2D eigenvalue weighted by Crippen LogP contribution is 2.22. The summed E-state index contributed by atoms with van der Waals surface area (Å²) in [5.74, 6) is 1.62. The highest BCUT2D eigenvalue weighted by atomic mass is 16.6. The van der Waals surface area contributed by atoms with E-state index in [0.29, 0.717) is 17.8 Å². The molecule has 0 spiro atoms. The van der Waals surface area contributed by atoms with Crippen LogP contribution in [0.1, 0.15) is 59.4 Å². The minimum atomic E-state index is -0.534. The summed E-state index contributed by atoms with van der Waals surface area (Å²) in [5, 5.41) is 6.73. The third kappa shape index (κ3) is 4.61. The predicted molar refractivity (Wildman–Crippen MR) is 82.7 cm³/mol. The largest absolute Gasteiger partial charge is 0.444 e. The molecule has 7 heteroatoms. The summed E-state index contributed by atoms with van der Waals surface area (Å²) in [6.07, 6.45) is 1.88. The number of nitrogens with one attached hydrogen (secondary N) is 1. The Morgan fingerprint density at radius 3 is 2.86 bits per heavy atom. The number of alkyl carbamates (subject to hydrolysis) is 1. The fourth-order valence-electron chi connectivity index (χ4n) is 2.45. The molecule has 1 fully saturated rings. The topological polar surface area (TPSA) is 80.5 Å². The monoisotopic (exact) mass is 310 g/mol. The quantitative estimate of drug-likeness (QED) is 0.924. The minimum Gasteiger partial charge on any atom is -0.444 e. The zero-order valence-electron chi connectivity index (χ0n) is 14.0. The molecule has 2 atom stereocenters. The Hall–Kier alpha value is -1.79. The average Bonchev–Trinajstić information content (AvgIpc) is 2.85. The number of piperidine rings is 1. The Morgan fingerprint density at radius 2 is 2.23 bits per heavy atom. The first-order valence-electron chi connectivity index (χ1n) is 7.82. The lowest BCUT2D eigenvalue weighted by Crippen LogP contribution is -2.35. The van der Waals surface area contributed by atoms with Crippen molar-refractivity contribution in [2.75, 3.05) is 18.0 Å². The lowest BCUT2D eigenvalue weighted by Gasteiger charge is -2.29. The molecule has 124 valence electrons. The van der Waals surface area contributed by atoms with Gasteiger partial charge in [0.15, 0.2) is 0 Å². The molecular weight excluding hydrogens is 284 g/mol. The van der Waals surface area contributed by atoms with E-state index >= 15 is 0 Å². The van der Waals surface area contributed by atoms with Crippen molar-refractivity contribution >= 4 is 12.0 Å². The molecule has 0 bridgehead atoms. The Kier molecular flexibility index (Phi) is 4.93. The van der Waals surface area contributed by atoms with Crippen LogP contribution in [0.2, 0.25) is 0 Å². The third-order valence-electron chi connectivity index (χ3n) is 3.47. The van der Waals surface area contributed by atoms with E-state index in [-0.39, 0.29) is 0 Å². The normalized spacial score (nSPS) is 20.6. The summed E-state index contributed by atoms with van der Waals surface area (Å²) in [4.78, 5) is 18.3. The van der Waals surface area contributed by atoms with Crippen LogP contribution < -0.4 is 10.2 Å². The molecule has 0 aliphatic carbocycles. The maximum absolute atomic E-state index is 11.8. The van der Waals surface area contributed by atoms with E-state index in [2.05, 4.69) is 27.3 Å². The summed E-state index contributed by atoms with van der Waals surface area (Å²) in [6.45, 7) is 11.3. The standard InChI is InChI=1S/C15H26N4O3/c1-10-7-6-8-19(9-10)13-17-12(22-18-13)11(2)16-14(20)21-15(3,4)5/h10-11H,6-9H2,1-5H3,(H,16,20)/t10?,11-/m0/s1. The predicted octanol–water partition coefficient (Wildman–Crippen LogP) is 2.89. The van der Waals surface area contributed by atoms with Crippen molar-refractivity contribution in [2.45, 2.75) is 59.1 Å². The Labute approximate surface area is 131 Å². The van der Waals surface area contributed by atoms with Crippen molar-refractivity contribution in [3.05, 3.63) is 5.89 Å². The first-order valence-corrected chi connectivity index (χ1v) is 7.82. The first-order chi connectivity index (χ1) is 10.2. The molecule has 1 saturated heterocycles. The van der Waals surface area contributed by atoms with Gasteiger partial charge < -0.3 is 19.5 Å². The number of aromatic nitrogens is 2. The molecule has 1 aromatic rings. The van der Waals surface area contributed by atoms with Gasteiger partial charge in [0, 0.05) is 13.1 Å². The molecule has 0 aromatic carbocycles. The van der Waals surface area contributed by atoms with E-state index in [1.54, 1.807) is 6.92 Å². The van der Waals surface area contributed by atoms with Gasteiger partial charge in [0.2, 0.25) is 0 Å². The summed E-state index contributed by atoms with van der Waals surface area (Å²) < 4.78 is 10.5. The van der Waals surface area contributed by atoms with Crippen LogP contribution in [0.5, 0.6) is 0 Å². The smallest absolute Gasteiger partial charge is 0.408 e. The van der Waals surface area contributed by atoms with E-state index in [1.807, 2.05) is 20.8 Å². The van der Waals surface area contributed by atoms with Crippen molar-refractivity contribution < 1.29 is 14.1 Å². The van der Waals surface area contributed by atoms with Gasteiger partial charge in [-0.1, -0.05) is 6.92 Å². The Balaban J connectivity index is 1.94. The fourth-order valence-corrected chi connectivity index (χ4v) is 2.45.